The smallest absolute Gasteiger partial charge is 0.223 e. The molecule has 174 valence electrons. The van der Waals surface area contributed by atoms with Crippen LogP contribution in [0.25, 0.3) is 10.8 Å². The van der Waals surface area contributed by atoms with Crippen LogP contribution >= 0.6 is 15.9 Å². The zero-order valence-corrected chi connectivity index (χ0v) is 21.3. The number of carbonyl (C=O) groups is 1. The van der Waals surface area contributed by atoms with Crippen molar-refractivity contribution in [3.63, 3.8) is 0 Å². The van der Waals surface area contributed by atoms with Crippen molar-refractivity contribution in [3.8, 4) is 0 Å². The minimum atomic E-state index is -3.54. The number of nitrogens with zero attached hydrogens (tertiary/aromatic N) is 3. The fourth-order valence-electron chi connectivity index (χ4n) is 4.35. The summed E-state index contributed by atoms with van der Waals surface area (Å²) in [6.07, 6.45) is 3.52. The van der Waals surface area contributed by atoms with Gasteiger partial charge in [0.05, 0.1) is 10.6 Å². The topological polar surface area (TPSA) is 70.6 Å². The van der Waals surface area contributed by atoms with Crippen LogP contribution in [0.1, 0.15) is 25.0 Å². The number of sulfone groups is 1. The summed E-state index contributed by atoms with van der Waals surface area (Å²) in [5, 5.41) is 1.83. The highest BCUT2D eigenvalue weighted by molar-refractivity contribution is 9.10. The molecule has 0 aliphatic carbocycles. The number of rotatable bonds is 6. The van der Waals surface area contributed by atoms with Crippen molar-refractivity contribution in [1.82, 2.24) is 9.88 Å². The first-order valence-electron chi connectivity index (χ1n) is 11.1. The van der Waals surface area contributed by atoms with Gasteiger partial charge in [-0.2, -0.15) is 0 Å². The second-order valence-electron chi connectivity index (χ2n) is 8.60. The molecule has 1 saturated heterocycles. The monoisotopic (exact) mass is 529 g/mol. The number of benzene rings is 2. The van der Waals surface area contributed by atoms with E-state index < -0.39 is 9.84 Å². The van der Waals surface area contributed by atoms with Gasteiger partial charge in [0.1, 0.15) is 0 Å². The fraction of sp³-hybridized carbons (Fsp3) is 0.360. The van der Waals surface area contributed by atoms with Gasteiger partial charge in [-0.25, -0.2) is 8.42 Å². The van der Waals surface area contributed by atoms with Crippen LogP contribution in [0.2, 0.25) is 0 Å². The number of halogens is 1. The zero-order valence-electron chi connectivity index (χ0n) is 18.9. The number of anilines is 1. The average Bonchev–Trinajstić information content (AvgIpc) is 2.82. The Kier molecular flexibility index (Phi) is 7.05. The molecule has 33 heavy (non-hydrogen) atoms. The summed E-state index contributed by atoms with van der Waals surface area (Å²) < 4.78 is 26.7. The lowest BCUT2D eigenvalue weighted by molar-refractivity contribution is -0.131. The lowest BCUT2D eigenvalue weighted by Crippen LogP contribution is -2.46. The maximum atomic E-state index is 12.9. The Morgan fingerprint density at radius 3 is 2.52 bits per heavy atom. The Morgan fingerprint density at radius 2 is 1.79 bits per heavy atom. The summed E-state index contributed by atoms with van der Waals surface area (Å²) in [4.78, 5) is 21.4. The summed E-state index contributed by atoms with van der Waals surface area (Å²) in [5.74, 6) is -0.311. The van der Waals surface area contributed by atoms with E-state index in [0.29, 0.717) is 0 Å². The SMILES string of the molecule is Cc1cc(N2CCC(N(C)C(=O)CCS(=O)(=O)c3ccc4cc(Br)ccc4c3)CC2)ccn1. The number of hydrogen-bond acceptors (Lipinski definition) is 5. The van der Waals surface area contributed by atoms with Crippen LogP contribution in [0.3, 0.4) is 0 Å². The van der Waals surface area contributed by atoms with E-state index in [0.717, 1.165) is 52.6 Å². The molecule has 0 N–H and O–H groups in total. The van der Waals surface area contributed by atoms with E-state index in [4.69, 9.17) is 0 Å². The number of pyridine rings is 1. The molecule has 3 aromatic rings. The Balaban J connectivity index is 1.34. The first-order chi connectivity index (χ1) is 15.7. The maximum absolute atomic E-state index is 12.9. The van der Waals surface area contributed by atoms with E-state index in [-0.39, 0.29) is 29.0 Å². The highest BCUT2D eigenvalue weighted by atomic mass is 79.9. The second-order valence-corrected chi connectivity index (χ2v) is 11.6. The number of piperidine rings is 1. The van der Waals surface area contributed by atoms with Crippen molar-refractivity contribution in [3.05, 3.63) is 64.9 Å². The lowest BCUT2D eigenvalue weighted by atomic mass is 10.0. The summed E-state index contributed by atoms with van der Waals surface area (Å²) >= 11 is 3.43. The van der Waals surface area contributed by atoms with E-state index in [9.17, 15) is 13.2 Å². The molecule has 1 fully saturated rings. The van der Waals surface area contributed by atoms with Crippen molar-refractivity contribution >= 4 is 48.1 Å². The molecule has 8 heteroatoms. The number of aromatic nitrogens is 1. The van der Waals surface area contributed by atoms with Gasteiger partial charge in [0.2, 0.25) is 5.91 Å². The maximum Gasteiger partial charge on any atom is 0.223 e. The molecule has 0 saturated carbocycles. The van der Waals surface area contributed by atoms with Crippen molar-refractivity contribution in [2.75, 3.05) is 30.8 Å². The van der Waals surface area contributed by atoms with Gasteiger partial charge < -0.3 is 9.80 Å². The van der Waals surface area contributed by atoms with Crippen molar-refractivity contribution in [1.29, 1.82) is 0 Å². The number of hydrogen-bond donors (Lipinski definition) is 0. The summed E-state index contributed by atoms with van der Waals surface area (Å²) in [7, 11) is -1.75. The van der Waals surface area contributed by atoms with Crippen LogP contribution in [-0.2, 0) is 14.6 Å². The Hall–Kier alpha value is -2.45. The normalized spacial score (nSPS) is 15.1. The van der Waals surface area contributed by atoms with Crippen molar-refractivity contribution in [2.24, 2.45) is 0 Å². The van der Waals surface area contributed by atoms with Gasteiger partial charge in [-0.3, -0.25) is 9.78 Å². The van der Waals surface area contributed by atoms with Gasteiger partial charge in [-0.05, 0) is 66.9 Å². The van der Waals surface area contributed by atoms with Gasteiger partial charge in [-0.1, -0.05) is 28.1 Å². The van der Waals surface area contributed by atoms with Crippen LogP contribution < -0.4 is 4.90 Å². The van der Waals surface area contributed by atoms with Crippen molar-refractivity contribution in [2.45, 2.75) is 37.1 Å². The van der Waals surface area contributed by atoms with E-state index in [1.807, 2.05) is 37.4 Å². The summed E-state index contributed by atoms with van der Waals surface area (Å²) in [5.41, 5.74) is 2.14. The van der Waals surface area contributed by atoms with Crippen LogP contribution in [0.5, 0.6) is 0 Å². The standard InChI is InChI=1S/C25H28BrN3O3S/c1-18-15-23(7-11-27-18)29-12-8-22(9-13-29)28(2)25(30)10-14-33(31,32)24-6-4-19-16-21(26)5-3-20(19)17-24/h3-7,11,15-17,22H,8-10,12-14H2,1-2H3. The molecule has 0 bridgehead atoms. The molecular weight excluding hydrogens is 502 g/mol. The third-order valence-electron chi connectivity index (χ3n) is 6.37. The molecule has 1 aliphatic heterocycles. The number of aryl methyl sites for hydroxylation is 1. The van der Waals surface area contributed by atoms with Gasteiger partial charge in [0.15, 0.2) is 9.84 Å². The quantitative estimate of drug-likeness (QED) is 0.466. The number of carbonyl (C=O) groups excluding carboxylic acids is 1. The van der Waals surface area contributed by atoms with Crippen LogP contribution in [0.15, 0.2) is 64.1 Å². The predicted molar refractivity (Wildman–Crippen MR) is 135 cm³/mol. The Labute approximate surface area is 203 Å². The Morgan fingerprint density at radius 1 is 1.09 bits per heavy atom. The van der Waals surface area contributed by atoms with E-state index in [2.05, 4.69) is 31.9 Å². The van der Waals surface area contributed by atoms with E-state index in [1.165, 1.54) is 0 Å². The Bertz CT molecular complexity index is 1270. The minimum absolute atomic E-state index is 0.0129. The fourth-order valence-corrected chi connectivity index (χ4v) is 5.99. The van der Waals surface area contributed by atoms with E-state index in [1.54, 1.807) is 30.1 Å². The highest BCUT2D eigenvalue weighted by Gasteiger charge is 2.27. The molecule has 1 aliphatic rings. The number of amides is 1. The highest BCUT2D eigenvalue weighted by Crippen LogP contribution is 2.25. The molecule has 1 aromatic heterocycles. The molecule has 0 unspecified atom stereocenters. The molecule has 0 radical (unpaired) electrons. The van der Waals surface area contributed by atoms with Crippen LogP contribution in [-0.4, -0.2) is 56.1 Å². The van der Waals surface area contributed by atoms with E-state index >= 15 is 0 Å². The van der Waals surface area contributed by atoms with Gasteiger partial charge >= 0.3 is 0 Å². The summed E-state index contributed by atoms with van der Waals surface area (Å²) in [6.45, 7) is 3.70. The summed E-state index contributed by atoms with van der Waals surface area (Å²) in [6, 6.07) is 15.0. The molecule has 0 atom stereocenters. The second kappa shape index (κ2) is 9.81. The number of fused-ring (bicyclic) bond motifs is 1. The molecule has 2 heterocycles. The first-order valence-corrected chi connectivity index (χ1v) is 13.5. The van der Waals surface area contributed by atoms with Crippen LogP contribution in [0.4, 0.5) is 5.69 Å². The lowest BCUT2D eigenvalue weighted by Gasteiger charge is -2.38. The molecule has 2 aromatic carbocycles. The first kappa shape index (κ1) is 23.7. The van der Waals surface area contributed by atoms with Gasteiger partial charge in [0, 0.05) is 54.7 Å². The van der Waals surface area contributed by atoms with Crippen LogP contribution in [0, 0.1) is 6.92 Å². The third kappa shape index (κ3) is 5.55. The third-order valence-corrected chi connectivity index (χ3v) is 8.58. The molecular formula is C25H28BrN3O3S. The average molecular weight is 530 g/mol. The molecule has 0 spiro atoms. The minimum Gasteiger partial charge on any atom is -0.371 e. The molecule has 4 rings (SSSR count). The molecule has 1 amide bonds. The van der Waals surface area contributed by atoms with Gasteiger partial charge in [-0.15, -0.1) is 0 Å². The molecule has 6 nitrogen and oxygen atoms in total. The largest absolute Gasteiger partial charge is 0.371 e. The zero-order chi connectivity index (χ0) is 23.6. The van der Waals surface area contributed by atoms with Crippen molar-refractivity contribution < 1.29 is 13.2 Å². The predicted octanol–water partition coefficient (Wildman–Crippen LogP) is 4.60. The van der Waals surface area contributed by atoms with Gasteiger partial charge in [0.25, 0.3) is 0 Å².